The lowest BCUT2D eigenvalue weighted by Crippen LogP contribution is -2.54. The number of hydrogen-bond donors (Lipinski definition) is 3. The fourth-order valence-corrected chi connectivity index (χ4v) is 5.07. The summed E-state index contributed by atoms with van der Waals surface area (Å²) >= 11 is 0. The van der Waals surface area contributed by atoms with E-state index in [0.29, 0.717) is 19.4 Å². The van der Waals surface area contributed by atoms with Crippen molar-refractivity contribution in [1.82, 2.24) is 0 Å². The summed E-state index contributed by atoms with van der Waals surface area (Å²) < 4.78 is 11.1. The summed E-state index contributed by atoms with van der Waals surface area (Å²) in [4.78, 5) is 0. The molecule has 0 radical (unpaired) electrons. The van der Waals surface area contributed by atoms with Crippen LogP contribution in [0.5, 0.6) is 0 Å². The fourth-order valence-electron chi connectivity index (χ4n) is 5.07. The molecule has 2 saturated carbocycles. The first-order valence-corrected chi connectivity index (χ1v) is 7.67. The molecule has 3 rings (SSSR count). The largest absolute Gasteiger partial charge is 0.391 e. The zero-order chi connectivity index (χ0) is 15.6. The van der Waals surface area contributed by atoms with Crippen LogP contribution in [0.25, 0.3) is 0 Å². The van der Waals surface area contributed by atoms with Crippen molar-refractivity contribution in [3.63, 3.8) is 0 Å². The SMILES string of the molecule is C=C1CO[C@@H](OC)[C@]12C[C@@H]1[C@H](O)[C@H](O)CC(C)[C@]1(C)[C@H]2O. The third-order valence-electron chi connectivity index (χ3n) is 6.60. The third-order valence-corrected chi connectivity index (χ3v) is 6.60. The van der Waals surface area contributed by atoms with E-state index in [2.05, 4.69) is 6.58 Å². The summed E-state index contributed by atoms with van der Waals surface area (Å²) in [6.07, 6.45) is -1.79. The first kappa shape index (κ1) is 15.4. The Labute approximate surface area is 125 Å². The molecule has 21 heavy (non-hydrogen) atoms. The molecule has 0 aromatic rings. The lowest BCUT2D eigenvalue weighted by atomic mass is 9.60. The molecule has 0 aromatic carbocycles. The Balaban J connectivity index is 2.07. The van der Waals surface area contributed by atoms with E-state index in [4.69, 9.17) is 9.47 Å². The maximum absolute atomic E-state index is 11.2. The summed E-state index contributed by atoms with van der Waals surface area (Å²) in [5.74, 6) is -0.0940. The van der Waals surface area contributed by atoms with Crippen molar-refractivity contribution in [1.29, 1.82) is 0 Å². The minimum Gasteiger partial charge on any atom is -0.391 e. The van der Waals surface area contributed by atoms with Gasteiger partial charge in [-0.1, -0.05) is 20.4 Å². The van der Waals surface area contributed by atoms with Crippen molar-refractivity contribution in [2.75, 3.05) is 13.7 Å². The smallest absolute Gasteiger partial charge is 0.169 e. The summed E-state index contributed by atoms with van der Waals surface area (Å²) in [5, 5.41) is 31.7. The molecular formula is C16H26O5. The predicted octanol–water partition coefficient (Wildman–Crippen LogP) is 0.680. The van der Waals surface area contributed by atoms with Crippen molar-refractivity contribution in [2.24, 2.45) is 22.7 Å². The van der Waals surface area contributed by atoms with E-state index in [1.165, 1.54) is 0 Å². The predicted molar refractivity (Wildman–Crippen MR) is 76.3 cm³/mol. The van der Waals surface area contributed by atoms with Gasteiger partial charge in [0.1, 0.15) is 0 Å². The van der Waals surface area contributed by atoms with Gasteiger partial charge in [-0.05, 0) is 30.3 Å². The Morgan fingerprint density at radius 3 is 2.62 bits per heavy atom. The number of ether oxygens (including phenoxy) is 2. The maximum atomic E-state index is 11.2. The number of aliphatic hydroxyl groups excluding tert-OH is 3. The molecular weight excluding hydrogens is 272 g/mol. The highest BCUT2D eigenvalue weighted by Crippen LogP contribution is 2.66. The second-order valence-corrected chi connectivity index (χ2v) is 7.30. The monoisotopic (exact) mass is 298 g/mol. The molecule has 0 bridgehead atoms. The Kier molecular flexibility index (Phi) is 3.50. The van der Waals surface area contributed by atoms with Crippen molar-refractivity contribution in [3.05, 3.63) is 12.2 Å². The molecule has 3 N–H and O–H groups in total. The normalized spacial score (nSPS) is 57.0. The molecule has 5 nitrogen and oxygen atoms in total. The van der Waals surface area contributed by atoms with E-state index in [1.54, 1.807) is 7.11 Å². The Bertz CT molecular complexity index is 452. The van der Waals surface area contributed by atoms with E-state index in [9.17, 15) is 15.3 Å². The van der Waals surface area contributed by atoms with E-state index in [-0.39, 0.29) is 11.8 Å². The van der Waals surface area contributed by atoms with Crippen LogP contribution in [0, 0.1) is 22.7 Å². The Morgan fingerprint density at radius 1 is 1.33 bits per heavy atom. The molecule has 2 aliphatic carbocycles. The van der Waals surface area contributed by atoms with Crippen LogP contribution in [0.15, 0.2) is 12.2 Å². The molecule has 1 unspecified atom stereocenters. The quantitative estimate of drug-likeness (QED) is 0.621. The van der Waals surface area contributed by atoms with E-state index < -0.39 is 35.4 Å². The van der Waals surface area contributed by atoms with Gasteiger partial charge in [0, 0.05) is 12.5 Å². The van der Waals surface area contributed by atoms with Crippen LogP contribution in [-0.2, 0) is 9.47 Å². The molecule has 1 saturated heterocycles. The zero-order valence-electron chi connectivity index (χ0n) is 13.0. The van der Waals surface area contributed by atoms with Gasteiger partial charge in [-0.3, -0.25) is 0 Å². The fraction of sp³-hybridized carbons (Fsp3) is 0.875. The van der Waals surface area contributed by atoms with Crippen LogP contribution in [0.3, 0.4) is 0 Å². The summed E-state index contributed by atoms with van der Waals surface area (Å²) in [7, 11) is 1.57. The maximum Gasteiger partial charge on any atom is 0.169 e. The van der Waals surface area contributed by atoms with Crippen molar-refractivity contribution >= 4 is 0 Å². The van der Waals surface area contributed by atoms with Gasteiger partial charge >= 0.3 is 0 Å². The molecule has 120 valence electrons. The number of methoxy groups -OCH3 is 1. The third kappa shape index (κ3) is 1.70. The van der Waals surface area contributed by atoms with Crippen molar-refractivity contribution < 1.29 is 24.8 Å². The van der Waals surface area contributed by atoms with Gasteiger partial charge in [0.25, 0.3) is 0 Å². The van der Waals surface area contributed by atoms with E-state index >= 15 is 0 Å². The molecule has 3 aliphatic rings. The van der Waals surface area contributed by atoms with Gasteiger partial charge in [0.05, 0.1) is 30.3 Å². The average Bonchev–Trinajstić information content (AvgIpc) is 2.89. The minimum atomic E-state index is -0.828. The summed E-state index contributed by atoms with van der Waals surface area (Å²) in [5.41, 5.74) is -0.342. The average molecular weight is 298 g/mol. The van der Waals surface area contributed by atoms with Crippen molar-refractivity contribution in [3.8, 4) is 0 Å². The second kappa shape index (κ2) is 4.77. The molecule has 0 aromatic heterocycles. The Hall–Kier alpha value is -0.460. The van der Waals surface area contributed by atoms with Gasteiger partial charge in [-0.25, -0.2) is 0 Å². The van der Waals surface area contributed by atoms with Crippen molar-refractivity contribution in [2.45, 2.75) is 51.3 Å². The topological polar surface area (TPSA) is 79.2 Å². The van der Waals surface area contributed by atoms with Gasteiger partial charge in [0.2, 0.25) is 0 Å². The highest BCUT2D eigenvalue weighted by Gasteiger charge is 2.70. The first-order chi connectivity index (χ1) is 9.80. The molecule has 8 atom stereocenters. The first-order valence-electron chi connectivity index (χ1n) is 7.67. The van der Waals surface area contributed by atoms with Gasteiger partial charge in [-0.15, -0.1) is 0 Å². The van der Waals surface area contributed by atoms with Crippen LogP contribution < -0.4 is 0 Å². The lowest BCUT2D eigenvalue weighted by molar-refractivity contribution is -0.179. The Morgan fingerprint density at radius 2 is 2.00 bits per heavy atom. The minimum absolute atomic E-state index is 0.0983. The van der Waals surface area contributed by atoms with Gasteiger partial charge < -0.3 is 24.8 Å². The number of aliphatic hydroxyl groups is 3. The number of rotatable bonds is 1. The van der Waals surface area contributed by atoms with Gasteiger partial charge in [0.15, 0.2) is 6.29 Å². The van der Waals surface area contributed by atoms with Crippen LogP contribution in [0.2, 0.25) is 0 Å². The van der Waals surface area contributed by atoms with E-state index in [1.807, 2.05) is 13.8 Å². The molecule has 0 amide bonds. The molecule has 5 heteroatoms. The lowest BCUT2D eigenvalue weighted by Gasteiger charge is -2.49. The molecule has 3 fully saturated rings. The van der Waals surface area contributed by atoms with Crippen LogP contribution in [0.1, 0.15) is 26.7 Å². The molecule has 1 aliphatic heterocycles. The van der Waals surface area contributed by atoms with Crippen LogP contribution in [0.4, 0.5) is 0 Å². The van der Waals surface area contributed by atoms with Crippen LogP contribution in [-0.4, -0.2) is 53.6 Å². The molecule has 1 heterocycles. The van der Waals surface area contributed by atoms with Gasteiger partial charge in [-0.2, -0.15) is 0 Å². The summed E-state index contributed by atoms with van der Waals surface area (Å²) in [6, 6.07) is 0. The number of fused-ring (bicyclic) bond motifs is 1. The zero-order valence-corrected chi connectivity index (χ0v) is 13.0. The highest BCUT2D eigenvalue weighted by atomic mass is 16.7. The highest BCUT2D eigenvalue weighted by molar-refractivity contribution is 5.28. The standard InChI is InChI=1S/C16H26O5/c1-8-5-11(17)12(18)10-6-16(13(19)15(8,10)3)9(2)7-21-14(16)20-4/h8,10-14,17-19H,2,5-7H2,1,3-4H3/t8?,10-,11-,12+,13-,14-,15+,16-/m1/s1. The van der Waals surface area contributed by atoms with Crippen LogP contribution >= 0.6 is 0 Å². The second-order valence-electron chi connectivity index (χ2n) is 7.30. The van der Waals surface area contributed by atoms with E-state index in [0.717, 1.165) is 5.57 Å². The number of hydrogen-bond acceptors (Lipinski definition) is 5. The molecule has 1 spiro atoms. The summed E-state index contributed by atoms with van der Waals surface area (Å²) in [6.45, 7) is 8.50.